The lowest BCUT2D eigenvalue weighted by Crippen LogP contribution is -2.55. The Morgan fingerprint density at radius 1 is 1.31 bits per heavy atom. The molecule has 0 spiro atoms. The van der Waals surface area contributed by atoms with Crippen LogP contribution in [0.1, 0.15) is 44.3 Å². The van der Waals surface area contributed by atoms with Crippen LogP contribution in [-0.4, -0.2) is 66.1 Å². The topological polar surface area (TPSA) is 71.7 Å². The van der Waals surface area contributed by atoms with Gasteiger partial charge in [-0.05, 0) is 18.8 Å². The molecule has 0 saturated carbocycles. The number of hydrogen-bond donors (Lipinski definition) is 1. The van der Waals surface area contributed by atoms with Crippen LogP contribution in [0, 0.1) is 5.92 Å². The van der Waals surface area contributed by atoms with Gasteiger partial charge in [0.1, 0.15) is 0 Å². The van der Waals surface area contributed by atoms with Gasteiger partial charge in [0.05, 0.1) is 16.7 Å². The summed E-state index contributed by atoms with van der Waals surface area (Å²) in [4.78, 5) is 21.8. The van der Waals surface area contributed by atoms with Gasteiger partial charge in [0.25, 0.3) is 0 Å². The Bertz CT molecular complexity index is 599. The molecule has 3 rings (SSSR count). The number of rotatable bonds is 4. The van der Waals surface area contributed by atoms with Crippen molar-refractivity contribution in [3.05, 3.63) is 16.1 Å². The molecule has 26 heavy (non-hydrogen) atoms. The third-order valence-electron chi connectivity index (χ3n) is 5.32. The fourth-order valence-corrected chi connectivity index (χ4v) is 4.47. The van der Waals surface area contributed by atoms with E-state index < -0.39 is 0 Å². The van der Waals surface area contributed by atoms with Crippen molar-refractivity contribution in [2.24, 2.45) is 11.7 Å². The lowest BCUT2D eigenvalue weighted by Gasteiger charge is -2.37. The number of ether oxygens (including phenoxy) is 1. The van der Waals surface area contributed by atoms with Crippen LogP contribution in [0.3, 0.4) is 0 Å². The van der Waals surface area contributed by atoms with Crippen LogP contribution in [0.4, 0.5) is 0 Å². The van der Waals surface area contributed by atoms with Crippen molar-refractivity contribution in [1.82, 2.24) is 14.8 Å². The summed E-state index contributed by atoms with van der Waals surface area (Å²) in [6.07, 6.45) is 1.79. The van der Waals surface area contributed by atoms with E-state index in [0.29, 0.717) is 0 Å². The van der Waals surface area contributed by atoms with Crippen LogP contribution < -0.4 is 5.73 Å². The molecule has 2 saturated heterocycles. The van der Waals surface area contributed by atoms with Crippen LogP contribution in [0.15, 0.2) is 5.38 Å². The highest BCUT2D eigenvalue weighted by Crippen LogP contribution is 2.26. The van der Waals surface area contributed by atoms with Gasteiger partial charge in [-0.2, -0.15) is 0 Å². The van der Waals surface area contributed by atoms with Gasteiger partial charge < -0.3 is 15.4 Å². The van der Waals surface area contributed by atoms with E-state index in [9.17, 15) is 4.79 Å². The predicted octanol–water partition coefficient (Wildman–Crippen LogP) is 1.84. The average molecular weight is 381 g/mol. The quantitative estimate of drug-likeness (QED) is 0.863. The van der Waals surface area contributed by atoms with Crippen LogP contribution >= 0.6 is 11.3 Å². The molecule has 0 aromatic carbocycles. The van der Waals surface area contributed by atoms with Gasteiger partial charge in [-0.1, -0.05) is 20.8 Å². The molecular formula is C19H32N4O2S. The third-order valence-corrected chi connectivity index (χ3v) is 6.64. The molecule has 1 atom stereocenters. The molecule has 0 aliphatic carbocycles. The maximum absolute atomic E-state index is 12.7. The first kappa shape index (κ1) is 19.7. The number of hydrogen-bond acceptors (Lipinski definition) is 6. The Morgan fingerprint density at radius 3 is 2.54 bits per heavy atom. The third kappa shape index (κ3) is 4.82. The number of thiazole rings is 1. The van der Waals surface area contributed by atoms with Crippen molar-refractivity contribution in [1.29, 1.82) is 0 Å². The number of carbonyl (C=O) groups is 1. The minimum absolute atomic E-state index is 0.105. The van der Waals surface area contributed by atoms with E-state index in [1.807, 2.05) is 4.90 Å². The summed E-state index contributed by atoms with van der Waals surface area (Å²) in [7, 11) is 0. The first-order chi connectivity index (χ1) is 12.3. The van der Waals surface area contributed by atoms with Crippen LogP contribution in [-0.2, 0) is 21.5 Å². The standard InChI is InChI=1S/C19H32N4O2S/c1-19(2,3)18-21-15(13-26-18)12-22-6-8-23(9-7-22)17(24)16(20)14-4-10-25-11-5-14/h13-14,16H,4-12,20H2,1-3H3. The summed E-state index contributed by atoms with van der Waals surface area (Å²) in [6.45, 7) is 12.2. The Kier molecular flexibility index (Phi) is 6.33. The summed E-state index contributed by atoms with van der Waals surface area (Å²) < 4.78 is 5.38. The minimum atomic E-state index is -0.377. The number of aromatic nitrogens is 1. The smallest absolute Gasteiger partial charge is 0.239 e. The Labute approximate surface area is 160 Å². The molecule has 1 amide bonds. The van der Waals surface area contributed by atoms with Crippen molar-refractivity contribution < 1.29 is 9.53 Å². The average Bonchev–Trinajstić information content (AvgIpc) is 3.11. The molecule has 2 N–H and O–H groups in total. The Balaban J connectivity index is 1.47. The first-order valence-electron chi connectivity index (χ1n) is 9.64. The molecule has 0 radical (unpaired) electrons. The normalized spacial score (nSPS) is 21.8. The van der Waals surface area contributed by atoms with E-state index in [1.54, 1.807) is 11.3 Å². The first-order valence-corrected chi connectivity index (χ1v) is 10.5. The monoisotopic (exact) mass is 380 g/mol. The molecule has 1 unspecified atom stereocenters. The van der Waals surface area contributed by atoms with Crippen molar-refractivity contribution in [3.63, 3.8) is 0 Å². The van der Waals surface area contributed by atoms with Gasteiger partial charge in [-0.3, -0.25) is 9.69 Å². The molecule has 146 valence electrons. The molecule has 1 aromatic heterocycles. The second-order valence-corrected chi connectivity index (χ2v) is 9.33. The zero-order valence-electron chi connectivity index (χ0n) is 16.2. The van der Waals surface area contributed by atoms with Gasteiger partial charge in [-0.25, -0.2) is 4.98 Å². The fraction of sp³-hybridized carbons (Fsp3) is 0.789. The predicted molar refractivity (Wildman–Crippen MR) is 104 cm³/mol. The largest absolute Gasteiger partial charge is 0.381 e. The second kappa shape index (κ2) is 8.33. The highest BCUT2D eigenvalue weighted by Gasteiger charge is 2.31. The van der Waals surface area contributed by atoms with Gasteiger partial charge in [-0.15, -0.1) is 11.3 Å². The van der Waals surface area contributed by atoms with Gasteiger partial charge in [0, 0.05) is 56.7 Å². The van der Waals surface area contributed by atoms with E-state index >= 15 is 0 Å². The molecule has 6 nitrogen and oxygen atoms in total. The summed E-state index contributed by atoms with van der Waals surface area (Å²) in [5.41, 5.74) is 7.50. The Morgan fingerprint density at radius 2 is 1.96 bits per heavy atom. The molecule has 3 heterocycles. The SMILES string of the molecule is CC(C)(C)c1nc(CN2CCN(C(=O)C(N)C3CCOCC3)CC2)cs1. The van der Waals surface area contributed by atoms with Gasteiger partial charge in [0.2, 0.25) is 5.91 Å². The maximum atomic E-state index is 12.7. The van der Waals surface area contributed by atoms with Crippen LogP contribution in [0.5, 0.6) is 0 Å². The minimum Gasteiger partial charge on any atom is -0.381 e. The van der Waals surface area contributed by atoms with E-state index in [4.69, 9.17) is 15.5 Å². The summed E-state index contributed by atoms with van der Waals surface area (Å²) in [5, 5.41) is 3.35. The lowest BCUT2D eigenvalue weighted by atomic mass is 9.91. The number of amides is 1. The van der Waals surface area contributed by atoms with Gasteiger partial charge in [0.15, 0.2) is 0 Å². The highest BCUT2D eigenvalue weighted by atomic mass is 32.1. The molecule has 7 heteroatoms. The molecule has 2 aliphatic heterocycles. The molecular weight excluding hydrogens is 348 g/mol. The summed E-state index contributed by atoms with van der Waals surface area (Å²) >= 11 is 1.74. The highest BCUT2D eigenvalue weighted by molar-refractivity contribution is 7.09. The van der Waals surface area contributed by atoms with Crippen molar-refractivity contribution in [2.75, 3.05) is 39.4 Å². The molecule has 1 aromatic rings. The van der Waals surface area contributed by atoms with E-state index in [1.165, 1.54) is 5.01 Å². The summed E-state index contributed by atoms with van der Waals surface area (Å²) in [5.74, 6) is 0.375. The van der Waals surface area contributed by atoms with E-state index in [-0.39, 0.29) is 23.3 Å². The van der Waals surface area contributed by atoms with Gasteiger partial charge >= 0.3 is 0 Å². The fourth-order valence-electron chi connectivity index (χ4n) is 3.57. The van der Waals surface area contributed by atoms with Crippen molar-refractivity contribution >= 4 is 17.2 Å². The van der Waals surface area contributed by atoms with E-state index in [2.05, 4.69) is 31.1 Å². The molecule has 0 bridgehead atoms. The van der Waals surface area contributed by atoms with Crippen molar-refractivity contribution in [2.45, 2.75) is 51.6 Å². The lowest BCUT2D eigenvalue weighted by molar-refractivity contribution is -0.136. The number of piperazine rings is 1. The molecule has 2 fully saturated rings. The Hall–Kier alpha value is -1.02. The second-order valence-electron chi connectivity index (χ2n) is 8.47. The number of carbonyl (C=O) groups excluding carboxylic acids is 1. The van der Waals surface area contributed by atoms with Crippen LogP contribution in [0.25, 0.3) is 0 Å². The zero-order valence-corrected chi connectivity index (χ0v) is 17.1. The number of nitrogens with zero attached hydrogens (tertiary/aromatic N) is 3. The van der Waals surface area contributed by atoms with Crippen molar-refractivity contribution in [3.8, 4) is 0 Å². The zero-order chi connectivity index (χ0) is 18.7. The summed E-state index contributed by atoms with van der Waals surface area (Å²) in [6, 6.07) is -0.377. The van der Waals surface area contributed by atoms with E-state index in [0.717, 1.165) is 64.5 Å². The van der Waals surface area contributed by atoms with Crippen LogP contribution in [0.2, 0.25) is 0 Å². The molecule has 2 aliphatic rings. The number of nitrogens with two attached hydrogens (primary N) is 1. The maximum Gasteiger partial charge on any atom is 0.239 e.